The van der Waals surface area contributed by atoms with Crippen LogP contribution in [0.2, 0.25) is 0 Å². The Morgan fingerprint density at radius 1 is 1.37 bits per heavy atom. The van der Waals surface area contributed by atoms with Crippen molar-refractivity contribution in [3.8, 4) is 11.5 Å². The molecule has 5 heteroatoms. The maximum atomic E-state index is 11.0. The number of hydrogen-bond acceptors (Lipinski definition) is 4. The van der Waals surface area contributed by atoms with Gasteiger partial charge in [0.2, 0.25) is 0 Å². The van der Waals surface area contributed by atoms with Crippen LogP contribution in [0.3, 0.4) is 0 Å². The van der Waals surface area contributed by atoms with Crippen LogP contribution in [0.5, 0.6) is 11.5 Å². The Bertz CT molecular complexity index is 420. The largest absolute Gasteiger partial charge is 0.497 e. The van der Waals surface area contributed by atoms with Crippen molar-refractivity contribution < 1.29 is 19.4 Å². The minimum Gasteiger partial charge on any atom is -0.497 e. The van der Waals surface area contributed by atoms with E-state index < -0.39 is 5.97 Å². The van der Waals surface area contributed by atoms with Crippen LogP contribution < -0.4 is 14.8 Å². The molecule has 0 heterocycles. The van der Waals surface area contributed by atoms with Gasteiger partial charge in [-0.05, 0) is 19.0 Å². The van der Waals surface area contributed by atoms with E-state index in [2.05, 4.69) is 5.32 Å². The number of carboxylic acid groups (broad SMARTS) is 1. The molecule has 0 amide bonds. The van der Waals surface area contributed by atoms with Gasteiger partial charge in [0.25, 0.3) is 0 Å². The lowest BCUT2D eigenvalue weighted by molar-refractivity contribution is -0.137. The molecule has 5 nitrogen and oxygen atoms in total. The first kappa shape index (κ1) is 15.3. The van der Waals surface area contributed by atoms with E-state index in [-0.39, 0.29) is 12.5 Å². The summed E-state index contributed by atoms with van der Waals surface area (Å²) in [4.78, 5) is 11.0. The molecule has 0 bridgehead atoms. The van der Waals surface area contributed by atoms with E-state index in [0.29, 0.717) is 11.5 Å². The van der Waals surface area contributed by atoms with Gasteiger partial charge in [-0.2, -0.15) is 0 Å². The average molecular weight is 267 g/mol. The van der Waals surface area contributed by atoms with Crippen molar-refractivity contribution in [2.75, 3.05) is 20.8 Å². The van der Waals surface area contributed by atoms with Gasteiger partial charge < -0.3 is 19.9 Å². The minimum absolute atomic E-state index is 0.0166. The summed E-state index contributed by atoms with van der Waals surface area (Å²) in [6, 6.07) is 5.14. The lowest BCUT2D eigenvalue weighted by atomic mass is 10.0. The molecule has 1 rings (SSSR count). The zero-order chi connectivity index (χ0) is 14.3. The second-order valence-corrected chi connectivity index (χ2v) is 4.21. The number of hydrogen-bond donors (Lipinski definition) is 2. The summed E-state index contributed by atoms with van der Waals surface area (Å²) in [5, 5.41) is 12.2. The van der Waals surface area contributed by atoms with Gasteiger partial charge in [0.1, 0.15) is 11.5 Å². The summed E-state index contributed by atoms with van der Waals surface area (Å²) in [6.07, 6.45) is 0.956. The molecule has 0 aliphatic carbocycles. The Balaban J connectivity index is 3.02. The summed E-state index contributed by atoms with van der Waals surface area (Å²) in [5.41, 5.74) is 0.833. The van der Waals surface area contributed by atoms with E-state index in [0.717, 1.165) is 18.5 Å². The normalized spacial score (nSPS) is 11.9. The predicted octanol–water partition coefficient (Wildman–Crippen LogP) is 2.22. The van der Waals surface area contributed by atoms with Crippen LogP contribution in [-0.4, -0.2) is 31.8 Å². The number of carbonyl (C=O) groups is 1. The van der Waals surface area contributed by atoms with E-state index in [4.69, 9.17) is 14.6 Å². The summed E-state index contributed by atoms with van der Waals surface area (Å²) >= 11 is 0. The fraction of sp³-hybridized carbons (Fsp3) is 0.500. The van der Waals surface area contributed by atoms with Crippen molar-refractivity contribution in [2.24, 2.45) is 0 Å². The lowest BCUT2D eigenvalue weighted by Crippen LogP contribution is -2.25. The maximum absolute atomic E-state index is 11.0. The average Bonchev–Trinajstić information content (AvgIpc) is 2.42. The fourth-order valence-electron chi connectivity index (χ4n) is 1.89. The second-order valence-electron chi connectivity index (χ2n) is 4.21. The molecular weight excluding hydrogens is 246 g/mol. The zero-order valence-electron chi connectivity index (χ0n) is 11.6. The van der Waals surface area contributed by atoms with Crippen LogP contribution in [0, 0.1) is 0 Å². The first-order chi connectivity index (χ1) is 9.12. The Labute approximate surface area is 113 Å². The van der Waals surface area contributed by atoms with Gasteiger partial charge in [-0.1, -0.05) is 13.0 Å². The molecule has 19 heavy (non-hydrogen) atoms. The van der Waals surface area contributed by atoms with Crippen LogP contribution in [0.4, 0.5) is 0 Å². The Hall–Kier alpha value is -1.75. The molecule has 0 aliphatic rings. The van der Waals surface area contributed by atoms with Gasteiger partial charge in [-0.25, -0.2) is 0 Å². The highest BCUT2D eigenvalue weighted by atomic mass is 16.5. The molecule has 0 radical (unpaired) electrons. The quantitative estimate of drug-likeness (QED) is 0.756. The standard InChI is InChI=1S/C14H21NO4/c1-4-7-15-12(9-14(16)17)11-6-5-10(18-2)8-13(11)19-3/h5-6,8,12,15H,4,7,9H2,1-3H3,(H,16,17). The smallest absolute Gasteiger partial charge is 0.305 e. The number of ether oxygens (including phenoxy) is 2. The first-order valence-corrected chi connectivity index (χ1v) is 6.29. The van der Waals surface area contributed by atoms with Gasteiger partial charge >= 0.3 is 5.97 Å². The monoisotopic (exact) mass is 267 g/mol. The SMILES string of the molecule is CCCNC(CC(=O)O)c1ccc(OC)cc1OC. The number of carboxylic acids is 1. The molecule has 1 atom stereocenters. The fourth-order valence-corrected chi connectivity index (χ4v) is 1.89. The van der Waals surface area contributed by atoms with E-state index in [1.807, 2.05) is 13.0 Å². The molecule has 0 spiro atoms. The molecule has 1 unspecified atom stereocenters. The Morgan fingerprint density at radius 2 is 2.11 bits per heavy atom. The molecule has 1 aromatic rings. The van der Waals surface area contributed by atoms with Crippen molar-refractivity contribution in [1.82, 2.24) is 5.32 Å². The van der Waals surface area contributed by atoms with E-state index >= 15 is 0 Å². The third-order valence-corrected chi connectivity index (χ3v) is 2.84. The van der Waals surface area contributed by atoms with Crippen molar-refractivity contribution in [3.05, 3.63) is 23.8 Å². The van der Waals surface area contributed by atoms with E-state index in [9.17, 15) is 4.79 Å². The first-order valence-electron chi connectivity index (χ1n) is 6.29. The Morgan fingerprint density at radius 3 is 2.63 bits per heavy atom. The van der Waals surface area contributed by atoms with E-state index in [1.165, 1.54) is 0 Å². The van der Waals surface area contributed by atoms with Crippen LogP contribution in [-0.2, 0) is 4.79 Å². The molecule has 0 fully saturated rings. The van der Waals surface area contributed by atoms with Gasteiger partial charge in [0.15, 0.2) is 0 Å². The zero-order valence-corrected chi connectivity index (χ0v) is 11.6. The predicted molar refractivity (Wildman–Crippen MR) is 72.8 cm³/mol. The van der Waals surface area contributed by atoms with Crippen LogP contribution in [0.25, 0.3) is 0 Å². The molecule has 106 valence electrons. The number of nitrogens with one attached hydrogen (secondary N) is 1. The molecule has 0 aromatic heterocycles. The van der Waals surface area contributed by atoms with E-state index in [1.54, 1.807) is 26.4 Å². The molecular formula is C14H21NO4. The molecule has 0 aliphatic heterocycles. The minimum atomic E-state index is -0.841. The van der Waals surface area contributed by atoms with Gasteiger partial charge in [0.05, 0.1) is 20.6 Å². The highest BCUT2D eigenvalue weighted by Gasteiger charge is 2.19. The third kappa shape index (κ3) is 4.44. The number of rotatable bonds is 8. The summed E-state index contributed by atoms with van der Waals surface area (Å²) in [6.45, 7) is 2.79. The van der Waals surface area contributed by atoms with Gasteiger partial charge in [-0.15, -0.1) is 0 Å². The lowest BCUT2D eigenvalue weighted by Gasteiger charge is -2.20. The summed E-state index contributed by atoms with van der Waals surface area (Å²) < 4.78 is 10.5. The molecule has 0 saturated heterocycles. The van der Waals surface area contributed by atoms with Crippen molar-refractivity contribution in [1.29, 1.82) is 0 Å². The van der Waals surface area contributed by atoms with Crippen LogP contribution in [0.1, 0.15) is 31.4 Å². The number of aliphatic carboxylic acids is 1. The van der Waals surface area contributed by atoms with Crippen molar-refractivity contribution in [3.63, 3.8) is 0 Å². The van der Waals surface area contributed by atoms with Crippen LogP contribution >= 0.6 is 0 Å². The second kappa shape index (κ2) is 7.63. The number of benzene rings is 1. The highest BCUT2D eigenvalue weighted by molar-refractivity contribution is 5.68. The summed E-state index contributed by atoms with van der Waals surface area (Å²) in [7, 11) is 3.15. The number of methoxy groups -OCH3 is 2. The topological polar surface area (TPSA) is 67.8 Å². The van der Waals surface area contributed by atoms with Crippen molar-refractivity contribution in [2.45, 2.75) is 25.8 Å². The molecule has 0 saturated carbocycles. The molecule has 1 aromatic carbocycles. The third-order valence-electron chi connectivity index (χ3n) is 2.84. The summed E-state index contributed by atoms with van der Waals surface area (Å²) in [5.74, 6) is 0.478. The molecule has 2 N–H and O–H groups in total. The highest BCUT2D eigenvalue weighted by Crippen LogP contribution is 2.31. The Kier molecular flexibility index (Phi) is 6.15. The van der Waals surface area contributed by atoms with Crippen molar-refractivity contribution >= 4 is 5.97 Å². The maximum Gasteiger partial charge on any atom is 0.305 e. The van der Waals surface area contributed by atoms with Gasteiger partial charge in [-0.3, -0.25) is 4.79 Å². The van der Waals surface area contributed by atoms with Crippen LogP contribution in [0.15, 0.2) is 18.2 Å². The van der Waals surface area contributed by atoms with Gasteiger partial charge in [0, 0.05) is 17.7 Å².